The summed E-state index contributed by atoms with van der Waals surface area (Å²) in [6.07, 6.45) is 4.53. The minimum absolute atomic E-state index is 0.117. The van der Waals surface area contributed by atoms with Gasteiger partial charge < -0.3 is 10.6 Å². The number of hydrogen-bond donors (Lipinski definition) is 2. The van der Waals surface area contributed by atoms with E-state index in [0.717, 1.165) is 37.2 Å². The number of nitrogens with zero attached hydrogens (tertiary/aromatic N) is 2. The highest BCUT2D eigenvalue weighted by atomic mass is 16.1. The zero-order valence-electron chi connectivity index (χ0n) is 11.4. The third-order valence-corrected chi connectivity index (χ3v) is 3.49. The number of carbonyl (C=O) groups excluding carboxylic acids is 1. The zero-order chi connectivity index (χ0) is 13.1. The third kappa shape index (κ3) is 2.90. The van der Waals surface area contributed by atoms with Crippen molar-refractivity contribution in [2.24, 2.45) is 13.0 Å². The van der Waals surface area contributed by atoms with Crippen molar-refractivity contribution in [2.45, 2.75) is 39.2 Å². The van der Waals surface area contributed by atoms with Crippen molar-refractivity contribution in [1.29, 1.82) is 0 Å². The molecule has 0 saturated carbocycles. The van der Waals surface area contributed by atoms with Gasteiger partial charge in [-0.3, -0.25) is 9.48 Å². The van der Waals surface area contributed by atoms with Gasteiger partial charge in [-0.05, 0) is 32.7 Å². The molecule has 1 aliphatic rings. The highest BCUT2D eigenvalue weighted by molar-refractivity contribution is 5.93. The number of aromatic nitrogens is 2. The number of nitrogens with one attached hydrogen (secondary N) is 2. The summed E-state index contributed by atoms with van der Waals surface area (Å²) >= 11 is 0. The molecule has 2 atom stereocenters. The number of anilines is 1. The van der Waals surface area contributed by atoms with Gasteiger partial charge in [0.1, 0.15) is 0 Å². The number of amides is 1. The van der Waals surface area contributed by atoms with Gasteiger partial charge in [0.05, 0.1) is 11.4 Å². The van der Waals surface area contributed by atoms with Crippen LogP contribution >= 0.6 is 0 Å². The summed E-state index contributed by atoms with van der Waals surface area (Å²) in [7, 11) is 1.88. The smallest absolute Gasteiger partial charge is 0.227 e. The van der Waals surface area contributed by atoms with E-state index < -0.39 is 0 Å². The van der Waals surface area contributed by atoms with E-state index in [0.29, 0.717) is 6.04 Å². The van der Waals surface area contributed by atoms with Gasteiger partial charge in [0.2, 0.25) is 5.91 Å². The summed E-state index contributed by atoms with van der Waals surface area (Å²) in [5, 5.41) is 10.7. The molecule has 18 heavy (non-hydrogen) atoms. The van der Waals surface area contributed by atoms with Crippen LogP contribution in [0.3, 0.4) is 0 Å². The van der Waals surface area contributed by atoms with Crippen molar-refractivity contribution in [3.8, 4) is 0 Å². The molecule has 0 bridgehead atoms. The minimum atomic E-state index is 0.117. The van der Waals surface area contributed by atoms with Crippen molar-refractivity contribution in [3.63, 3.8) is 0 Å². The average Bonchev–Trinajstić information content (AvgIpc) is 2.69. The zero-order valence-corrected chi connectivity index (χ0v) is 11.4. The van der Waals surface area contributed by atoms with Gasteiger partial charge in [0.15, 0.2) is 0 Å². The SMILES string of the molecule is CCc1nn(C)cc1NC(=O)C1CCNC(C)C1. The van der Waals surface area contributed by atoms with Crippen LogP contribution in [0, 0.1) is 5.92 Å². The maximum absolute atomic E-state index is 12.2. The fourth-order valence-corrected chi connectivity index (χ4v) is 2.50. The Bertz CT molecular complexity index is 427. The Kier molecular flexibility index (Phi) is 4.01. The number of aryl methyl sites for hydroxylation is 2. The molecule has 1 aromatic rings. The van der Waals surface area contributed by atoms with Crippen LogP contribution in [-0.2, 0) is 18.3 Å². The molecule has 100 valence electrons. The van der Waals surface area contributed by atoms with E-state index in [9.17, 15) is 4.79 Å². The normalized spacial score (nSPS) is 23.9. The van der Waals surface area contributed by atoms with Crippen molar-refractivity contribution in [1.82, 2.24) is 15.1 Å². The van der Waals surface area contributed by atoms with Crippen LogP contribution in [0.5, 0.6) is 0 Å². The molecular weight excluding hydrogens is 228 g/mol. The monoisotopic (exact) mass is 250 g/mol. The predicted octanol–water partition coefficient (Wildman–Crippen LogP) is 1.31. The summed E-state index contributed by atoms with van der Waals surface area (Å²) < 4.78 is 1.75. The summed E-state index contributed by atoms with van der Waals surface area (Å²) in [5.74, 6) is 0.247. The third-order valence-electron chi connectivity index (χ3n) is 3.49. The van der Waals surface area contributed by atoms with Crippen molar-refractivity contribution in [3.05, 3.63) is 11.9 Å². The van der Waals surface area contributed by atoms with Crippen LogP contribution in [0.15, 0.2) is 6.20 Å². The first-order chi connectivity index (χ1) is 8.60. The maximum atomic E-state index is 12.2. The molecule has 5 heteroatoms. The minimum Gasteiger partial charge on any atom is -0.323 e. The standard InChI is InChI=1S/C13H22N4O/c1-4-11-12(8-17(3)16-11)15-13(18)10-5-6-14-9(2)7-10/h8-10,14H,4-7H2,1-3H3,(H,15,18). The Hall–Kier alpha value is -1.36. The van der Waals surface area contributed by atoms with Crippen LogP contribution < -0.4 is 10.6 Å². The molecule has 1 aliphatic heterocycles. The highest BCUT2D eigenvalue weighted by Crippen LogP contribution is 2.20. The van der Waals surface area contributed by atoms with Crippen LogP contribution in [-0.4, -0.2) is 28.3 Å². The van der Waals surface area contributed by atoms with Crippen LogP contribution in [0.4, 0.5) is 5.69 Å². The first-order valence-electron chi connectivity index (χ1n) is 6.67. The lowest BCUT2D eigenvalue weighted by atomic mass is 9.92. The van der Waals surface area contributed by atoms with Gasteiger partial charge in [0, 0.05) is 25.2 Å². The Morgan fingerprint density at radius 1 is 1.67 bits per heavy atom. The molecule has 2 heterocycles. The van der Waals surface area contributed by atoms with E-state index in [1.165, 1.54) is 0 Å². The molecule has 1 saturated heterocycles. The quantitative estimate of drug-likeness (QED) is 0.850. The summed E-state index contributed by atoms with van der Waals surface area (Å²) in [5.41, 5.74) is 1.81. The van der Waals surface area contributed by atoms with E-state index in [2.05, 4.69) is 22.7 Å². The Morgan fingerprint density at radius 2 is 2.44 bits per heavy atom. The topological polar surface area (TPSA) is 59.0 Å². The van der Waals surface area contributed by atoms with E-state index in [1.54, 1.807) is 4.68 Å². The molecule has 2 unspecified atom stereocenters. The summed E-state index contributed by atoms with van der Waals surface area (Å²) in [6, 6.07) is 0.425. The van der Waals surface area contributed by atoms with Gasteiger partial charge in [-0.1, -0.05) is 6.92 Å². The molecule has 0 aliphatic carbocycles. The van der Waals surface area contributed by atoms with Gasteiger partial charge >= 0.3 is 0 Å². The van der Waals surface area contributed by atoms with Gasteiger partial charge in [-0.2, -0.15) is 5.10 Å². The Morgan fingerprint density at radius 3 is 3.11 bits per heavy atom. The Labute approximate surface area is 108 Å². The second kappa shape index (κ2) is 5.52. The largest absolute Gasteiger partial charge is 0.323 e. The van der Waals surface area contributed by atoms with E-state index in [4.69, 9.17) is 0 Å². The summed E-state index contributed by atoms with van der Waals surface area (Å²) in [6.45, 7) is 5.10. The highest BCUT2D eigenvalue weighted by Gasteiger charge is 2.25. The van der Waals surface area contributed by atoms with E-state index >= 15 is 0 Å². The van der Waals surface area contributed by atoms with Crippen LogP contribution in [0.1, 0.15) is 32.4 Å². The molecule has 1 aromatic heterocycles. The van der Waals surface area contributed by atoms with Crippen LogP contribution in [0.25, 0.3) is 0 Å². The van der Waals surface area contributed by atoms with Gasteiger partial charge in [-0.15, -0.1) is 0 Å². The number of piperidine rings is 1. The second-order valence-corrected chi connectivity index (χ2v) is 5.08. The lowest BCUT2D eigenvalue weighted by Gasteiger charge is -2.27. The molecule has 5 nitrogen and oxygen atoms in total. The fourth-order valence-electron chi connectivity index (χ4n) is 2.50. The van der Waals surface area contributed by atoms with Crippen molar-refractivity contribution < 1.29 is 4.79 Å². The molecule has 0 spiro atoms. The lowest BCUT2D eigenvalue weighted by molar-refractivity contribution is -0.120. The first-order valence-corrected chi connectivity index (χ1v) is 6.67. The predicted molar refractivity (Wildman–Crippen MR) is 71.4 cm³/mol. The molecular formula is C13H22N4O. The van der Waals surface area contributed by atoms with Crippen molar-refractivity contribution in [2.75, 3.05) is 11.9 Å². The second-order valence-electron chi connectivity index (χ2n) is 5.08. The number of rotatable bonds is 3. The van der Waals surface area contributed by atoms with E-state index in [-0.39, 0.29) is 11.8 Å². The summed E-state index contributed by atoms with van der Waals surface area (Å²) in [4.78, 5) is 12.2. The number of hydrogen-bond acceptors (Lipinski definition) is 3. The maximum Gasteiger partial charge on any atom is 0.227 e. The molecule has 1 fully saturated rings. The van der Waals surface area contributed by atoms with Crippen LogP contribution in [0.2, 0.25) is 0 Å². The van der Waals surface area contributed by atoms with Crippen molar-refractivity contribution >= 4 is 11.6 Å². The molecule has 0 radical (unpaired) electrons. The van der Waals surface area contributed by atoms with E-state index in [1.807, 2.05) is 20.2 Å². The molecule has 1 amide bonds. The lowest BCUT2D eigenvalue weighted by Crippen LogP contribution is -2.40. The first kappa shape index (κ1) is 13.1. The average molecular weight is 250 g/mol. The van der Waals surface area contributed by atoms with Gasteiger partial charge in [0.25, 0.3) is 0 Å². The number of carbonyl (C=O) groups is 1. The Balaban J connectivity index is 2.01. The van der Waals surface area contributed by atoms with Gasteiger partial charge in [-0.25, -0.2) is 0 Å². The molecule has 2 N–H and O–H groups in total. The molecule has 2 rings (SSSR count). The fraction of sp³-hybridized carbons (Fsp3) is 0.692. The molecule has 0 aromatic carbocycles.